The van der Waals surface area contributed by atoms with E-state index in [2.05, 4.69) is 46.9 Å². The Morgan fingerprint density at radius 1 is 1.04 bits per heavy atom. The first kappa shape index (κ1) is 17.7. The van der Waals surface area contributed by atoms with Gasteiger partial charge in [0.2, 0.25) is 0 Å². The third-order valence-electron chi connectivity index (χ3n) is 3.53. The predicted octanol–water partition coefficient (Wildman–Crippen LogP) is 5.36. The van der Waals surface area contributed by atoms with Gasteiger partial charge in [0.15, 0.2) is 5.11 Å². The molecule has 0 atom stereocenters. The molecule has 0 aliphatic rings. The summed E-state index contributed by atoms with van der Waals surface area (Å²) < 4.78 is 1.86. The monoisotopic (exact) mass is 390 g/mol. The Morgan fingerprint density at radius 2 is 1.76 bits per heavy atom. The second kappa shape index (κ2) is 7.87. The number of thiocarbonyl (C=S) groups is 1. The van der Waals surface area contributed by atoms with Crippen molar-refractivity contribution in [1.29, 1.82) is 0 Å². The topological polar surface area (TPSA) is 41.9 Å². The van der Waals surface area contributed by atoms with Gasteiger partial charge in [-0.15, -0.1) is 0 Å². The molecule has 0 aliphatic heterocycles. The molecule has 2 aromatic carbocycles. The number of aromatic nitrogens is 2. The normalized spacial score (nSPS) is 10.5. The summed E-state index contributed by atoms with van der Waals surface area (Å²) in [5, 5.41) is 11.9. The zero-order valence-electron chi connectivity index (χ0n) is 13.5. The molecule has 0 saturated heterocycles. The highest BCUT2D eigenvalue weighted by Gasteiger charge is 2.04. The molecule has 128 valence electrons. The molecule has 0 spiro atoms. The third-order valence-corrected chi connectivity index (χ3v) is 4.48. The molecular weight excluding hydrogens is 375 g/mol. The Balaban J connectivity index is 1.59. The maximum absolute atomic E-state index is 6.00. The van der Waals surface area contributed by atoms with Gasteiger partial charge in [-0.05, 0) is 42.9 Å². The van der Waals surface area contributed by atoms with Gasteiger partial charge < -0.3 is 10.6 Å². The fraction of sp³-hybridized carbons (Fsp3) is 0.111. The van der Waals surface area contributed by atoms with Crippen molar-refractivity contribution >= 4 is 51.9 Å². The van der Waals surface area contributed by atoms with Gasteiger partial charge in [-0.1, -0.05) is 53.0 Å². The van der Waals surface area contributed by atoms with E-state index in [4.69, 9.17) is 35.4 Å². The lowest BCUT2D eigenvalue weighted by Crippen LogP contribution is -2.18. The minimum Gasteiger partial charge on any atom is -0.332 e. The van der Waals surface area contributed by atoms with Crippen LogP contribution < -0.4 is 10.6 Å². The second-order valence-electron chi connectivity index (χ2n) is 5.62. The summed E-state index contributed by atoms with van der Waals surface area (Å²) in [7, 11) is 0. The summed E-state index contributed by atoms with van der Waals surface area (Å²) in [6.07, 6.45) is 3.64. The van der Waals surface area contributed by atoms with E-state index in [0.717, 1.165) is 11.4 Å². The average Bonchev–Trinajstić information content (AvgIpc) is 3.00. The minimum absolute atomic E-state index is 0.452. The molecule has 0 saturated carbocycles. The number of halogens is 2. The molecule has 3 rings (SSSR count). The molecule has 0 amide bonds. The van der Waals surface area contributed by atoms with Crippen LogP contribution in [0.5, 0.6) is 0 Å². The highest BCUT2D eigenvalue weighted by molar-refractivity contribution is 7.80. The van der Waals surface area contributed by atoms with Crippen LogP contribution in [0.25, 0.3) is 0 Å². The van der Waals surface area contributed by atoms with Gasteiger partial charge >= 0.3 is 0 Å². The van der Waals surface area contributed by atoms with E-state index in [1.165, 1.54) is 11.1 Å². The van der Waals surface area contributed by atoms with Crippen LogP contribution in [-0.4, -0.2) is 14.9 Å². The van der Waals surface area contributed by atoms with E-state index in [1.807, 2.05) is 16.9 Å². The van der Waals surface area contributed by atoms with E-state index >= 15 is 0 Å². The Morgan fingerprint density at radius 3 is 2.48 bits per heavy atom. The molecule has 25 heavy (non-hydrogen) atoms. The molecule has 0 bridgehead atoms. The van der Waals surface area contributed by atoms with Gasteiger partial charge in [0.05, 0.1) is 28.5 Å². The molecule has 1 heterocycles. The van der Waals surface area contributed by atoms with Crippen LogP contribution in [0.4, 0.5) is 11.4 Å². The van der Waals surface area contributed by atoms with Crippen molar-refractivity contribution in [3.63, 3.8) is 0 Å². The third kappa shape index (κ3) is 4.95. The number of nitrogens with zero attached hydrogens (tertiary/aromatic N) is 2. The van der Waals surface area contributed by atoms with E-state index in [1.54, 1.807) is 18.3 Å². The lowest BCUT2D eigenvalue weighted by Gasteiger charge is -2.09. The lowest BCUT2D eigenvalue weighted by molar-refractivity contribution is 0.687. The van der Waals surface area contributed by atoms with Crippen LogP contribution in [0.2, 0.25) is 10.0 Å². The summed E-state index contributed by atoms with van der Waals surface area (Å²) >= 11 is 17.2. The van der Waals surface area contributed by atoms with Crippen molar-refractivity contribution in [3.8, 4) is 0 Å². The van der Waals surface area contributed by atoms with Crippen LogP contribution in [0, 0.1) is 6.92 Å². The van der Waals surface area contributed by atoms with Gasteiger partial charge in [-0.2, -0.15) is 5.10 Å². The molecule has 4 nitrogen and oxygen atoms in total. The highest BCUT2D eigenvalue weighted by Crippen LogP contribution is 2.25. The van der Waals surface area contributed by atoms with Gasteiger partial charge in [-0.25, -0.2) is 0 Å². The Bertz CT molecular complexity index is 890. The Kier molecular flexibility index (Phi) is 5.58. The number of benzene rings is 2. The van der Waals surface area contributed by atoms with Crippen molar-refractivity contribution in [2.75, 3.05) is 10.6 Å². The minimum atomic E-state index is 0.452. The van der Waals surface area contributed by atoms with E-state index in [9.17, 15) is 0 Å². The highest BCUT2D eigenvalue weighted by atomic mass is 35.5. The molecule has 3 aromatic rings. The molecule has 1 aromatic heterocycles. The van der Waals surface area contributed by atoms with E-state index in [0.29, 0.717) is 21.7 Å². The largest absolute Gasteiger partial charge is 0.332 e. The fourth-order valence-corrected chi connectivity index (χ4v) is 2.80. The lowest BCUT2D eigenvalue weighted by atomic mass is 10.1. The van der Waals surface area contributed by atoms with Crippen LogP contribution in [0.15, 0.2) is 54.9 Å². The summed E-state index contributed by atoms with van der Waals surface area (Å²) in [6.45, 7) is 2.77. The van der Waals surface area contributed by atoms with Crippen molar-refractivity contribution in [2.45, 2.75) is 13.5 Å². The average molecular weight is 391 g/mol. The first-order valence-electron chi connectivity index (χ1n) is 7.61. The van der Waals surface area contributed by atoms with Crippen LogP contribution in [-0.2, 0) is 6.54 Å². The van der Waals surface area contributed by atoms with Crippen molar-refractivity contribution in [1.82, 2.24) is 9.78 Å². The summed E-state index contributed by atoms with van der Waals surface area (Å²) in [5.41, 5.74) is 4.01. The summed E-state index contributed by atoms with van der Waals surface area (Å²) in [5.74, 6) is 0. The quantitative estimate of drug-likeness (QED) is 0.588. The van der Waals surface area contributed by atoms with Gasteiger partial charge in [0, 0.05) is 11.9 Å². The number of aryl methyl sites for hydroxylation is 1. The number of nitrogens with one attached hydrogen (secondary N) is 2. The maximum atomic E-state index is 6.00. The molecule has 0 fully saturated rings. The van der Waals surface area contributed by atoms with Crippen molar-refractivity contribution in [2.24, 2.45) is 0 Å². The Labute approximate surface area is 161 Å². The van der Waals surface area contributed by atoms with Crippen molar-refractivity contribution < 1.29 is 0 Å². The van der Waals surface area contributed by atoms with Gasteiger partial charge in [-0.3, -0.25) is 4.68 Å². The van der Waals surface area contributed by atoms with Gasteiger partial charge in [0.25, 0.3) is 0 Å². The predicted molar refractivity (Wildman–Crippen MR) is 109 cm³/mol. The van der Waals surface area contributed by atoms with Crippen LogP contribution in [0.3, 0.4) is 0 Å². The van der Waals surface area contributed by atoms with E-state index < -0.39 is 0 Å². The standard InChI is InChI=1S/C18H16Cl2N4S/c1-12-2-4-13(5-3-12)10-24-11-15(9-21-24)23-18(25)22-14-6-7-16(19)17(20)8-14/h2-9,11H,10H2,1H3,(H2,22,23,25). The zero-order chi connectivity index (χ0) is 17.8. The fourth-order valence-electron chi connectivity index (χ4n) is 2.26. The van der Waals surface area contributed by atoms with Gasteiger partial charge in [0.1, 0.15) is 0 Å². The number of rotatable bonds is 4. The number of hydrogen-bond acceptors (Lipinski definition) is 2. The molecular formula is C18H16Cl2N4S. The molecule has 0 unspecified atom stereocenters. The molecule has 7 heteroatoms. The molecule has 0 radical (unpaired) electrons. The summed E-state index contributed by atoms with van der Waals surface area (Å²) in [4.78, 5) is 0. The SMILES string of the molecule is Cc1ccc(Cn2cc(NC(=S)Nc3ccc(Cl)c(Cl)c3)cn2)cc1. The van der Waals surface area contributed by atoms with Crippen LogP contribution >= 0.6 is 35.4 Å². The zero-order valence-corrected chi connectivity index (χ0v) is 15.8. The molecule has 0 aliphatic carbocycles. The number of anilines is 2. The number of hydrogen-bond donors (Lipinski definition) is 2. The smallest absolute Gasteiger partial charge is 0.175 e. The summed E-state index contributed by atoms with van der Waals surface area (Å²) in [6, 6.07) is 13.6. The van der Waals surface area contributed by atoms with Crippen LogP contribution in [0.1, 0.15) is 11.1 Å². The first-order valence-corrected chi connectivity index (χ1v) is 8.77. The van der Waals surface area contributed by atoms with Crippen molar-refractivity contribution in [3.05, 3.63) is 76.0 Å². The molecule has 2 N–H and O–H groups in total. The maximum Gasteiger partial charge on any atom is 0.175 e. The first-order chi connectivity index (χ1) is 12.0. The Hall–Kier alpha value is -2.08. The van der Waals surface area contributed by atoms with E-state index in [-0.39, 0.29) is 0 Å². The second-order valence-corrected chi connectivity index (χ2v) is 6.84.